The Labute approximate surface area is 214 Å². The molecule has 0 saturated carbocycles. The number of hydrogen-bond acceptors (Lipinski definition) is 6. The van der Waals surface area contributed by atoms with Crippen LogP contribution in [0.4, 0.5) is 5.82 Å². The van der Waals surface area contributed by atoms with Crippen LogP contribution in [-0.2, 0) is 6.54 Å². The van der Waals surface area contributed by atoms with Gasteiger partial charge in [0.25, 0.3) is 5.91 Å². The van der Waals surface area contributed by atoms with Crippen LogP contribution in [0.1, 0.15) is 46.8 Å². The summed E-state index contributed by atoms with van der Waals surface area (Å²) in [6.07, 6.45) is 1.70. The first-order valence-electron chi connectivity index (χ1n) is 12.1. The number of rotatable bonds is 7. The second kappa shape index (κ2) is 10.1. The van der Waals surface area contributed by atoms with Crippen LogP contribution in [0.5, 0.6) is 5.75 Å². The van der Waals surface area contributed by atoms with Crippen molar-refractivity contribution in [3.63, 3.8) is 0 Å². The zero-order valence-electron chi connectivity index (χ0n) is 21.0. The number of benzene rings is 3. The first-order valence-corrected chi connectivity index (χ1v) is 12.1. The van der Waals surface area contributed by atoms with Gasteiger partial charge in [0, 0.05) is 6.54 Å². The maximum atomic E-state index is 13.4. The number of nitrogen functional groups attached to an aromatic ring is 1. The van der Waals surface area contributed by atoms with Gasteiger partial charge in [0.2, 0.25) is 0 Å². The highest BCUT2D eigenvalue weighted by molar-refractivity contribution is 6.10. The summed E-state index contributed by atoms with van der Waals surface area (Å²) in [5.41, 5.74) is 12.0. The van der Waals surface area contributed by atoms with Crippen LogP contribution in [0.2, 0.25) is 0 Å². The highest BCUT2D eigenvalue weighted by atomic mass is 16.5. The smallest absolute Gasteiger partial charge is 0.257 e. The largest absolute Gasteiger partial charge is 0.497 e. The molecule has 0 fully saturated rings. The lowest BCUT2D eigenvalue weighted by Crippen LogP contribution is -2.23. The molecule has 0 atom stereocenters. The van der Waals surface area contributed by atoms with Gasteiger partial charge in [0.1, 0.15) is 22.6 Å². The molecule has 3 aromatic carbocycles. The molecule has 2 aromatic heterocycles. The first-order chi connectivity index (χ1) is 17.9. The standard InChI is InChI=1S/C29H28N6O2/c1-18(2)21-12-8-20(9-13-21)17-32-35-27(30)25(26-28(35)34-24-7-5-4-6-23(24)33-26)29(36)31-16-19-10-14-22(37-3)15-11-19/h4-15,17-18H,16,30H2,1-3H3,(H,31,36)/b32-17+. The van der Waals surface area contributed by atoms with Gasteiger partial charge in [-0.2, -0.15) is 9.78 Å². The van der Waals surface area contributed by atoms with Gasteiger partial charge in [-0.15, -0.1) is 0 Å². The number of nitrogens with zero attached hydrogens (tertiary/aromatic N) is 4. The third-order valence-electron chi connectivity index (χ3n) is 6.24. The Morgan fingerprint density at radius 2 is 1.70 bits per heavy atom. The third kappa shape index (κ3) is 4.86. The SMILES string of the molecule is COc1ccc(CNC(=O)c2c(N)n(/N=C/c3ccc(C(C)C)cc3)c3nc4ccccc4nc23)cc1. The second-order valence-corrected chi connectivity index (χ2v) is 9.05. The highest BCUT2D eigenvalue weighted by Crippen LogP contribution is 2.28. The minimum absolute atomic E-state index is 0.174. The Morgan fingerprint density at radius 3 is 2.35 bits per heavy atom. The fraction of sp³-hybridized carbons (Fsp3) is 0.172. The van der Waals surface area contributed by atoms with E-state index in [0.29, 0.717) is 34.7 Å². The Balaban J connectivity index is 1.52. The molecular formula is C29H28N6O2. The molecular weight excluding hydrogens is 464 g/mol. The van der Waals surface area contributed by atoms with Gasteiger partial charge in [-0.1, -0.05) is 62.4 Å². The van der Waals surface area contributed by atoms with Gasteiger partial charge >= 0.3 is 0 Å². The van der Waals surface area contributed by atoms with E-state index in [9.17, 15) is 4.79 Å². The van der Waals surface area contributed by atoms with Crippen LogP contribution < -0.4 is 15.8 Å². The van der Waals surface area contributed by atoms with Gasteiger partial charge in [0.05, 0.1) is 24.4 Å². The minimum Gasteiger partial charge on any atom is -0.497 e. The van der Waals surface area contributed by atoms with E-state index >= 15 is 0 Å². The molecule has 0 aliphatic rings. The van der Waals surface area contributed by atoms with Gasteiger partial charge < -0.3 is 15.8 Å². The van der Waals surface area contributed by atoms with E-state index in [1.807, 2.05) is 60.7 Å². The maximum Gasteiger partial charge on any atom is 0.257 e. The topological polar surface area (TPSA) is 107 Å². The van der Waals surface area contributed by atoms with Crippen molar-refractivity contribution in [1.29, 1.82) is 0 Å². The van der Waals surface area contributed by atoms with Crippen molar-refractivity contribution in [2.24, 2.45) is 5.10 Å². The van der Waals surface area contributed by atoms with Crippen LogP contribution in [0, 0.1) is 0 Å². The fourth-order valence-corrected chi connectivity index (χ4v) is 4.09. The van der Waals surface area contributed by atoms with Crippen LogP contribution in [0.3, 0.4) is 0 Å². The molecule has 0 spiro atoms. The zero-order valence-corrected chi connectivity index (χ0v) is 21.0. The van der Waals surface area contributed by atoms with E-state index < -0.39 is 0 Å². The average Bonchev–Trinajstić information content (AvgIpc) is 3.19. The molecule has 8 nitrogen and oxygen atoms in total. The molecule has 1 amide bonds. The summed E-state index contributed by atoms with van der Waals surface area (Å²) in [6, 6.07) is 23.1. The van der Waals surface area contributed by atoms with Crippen molar-refractivity contribution in [1.82, 2.24) is 20.0 Å². The van der Waals surface area contributed by atoms with Gasteiger partial charge in [-0.25, -0.2) is 9.97 Å². The lowest BCUT2D eigenvalue weighted by Gasteiger charge is -2.07. The molecule has 2 heterocycles. The van der Waals surface area contributed by atoms with Gasteiger partial charge in [-0.05, 0) is 46.9 Å². The van der Waals surface area contributed by atoms with E-state index in [-0.39, 0.29) is 17.3 Å². The normalized spacial score (nSPS) is 11.6. The van der Waals surface area contributed by atoms with E-state index in [2.05, 4.69) is 36.4 Å². The summed E-state index contributed by atoms with van der Waals surface area (Å²) in [5, 5.41) is 7.54. The van der Waals surface area contributed by atoms with Gasteiger partial charge in [-0.3, -0.25) is 4.79 Å². The zero-order chi connectivity index (χ0) is 25.9. The number of carbonyl (C=O) groups excluding carboxylic acids is 1. The number of methoxy groups -OCH3 is 1. The molecule has 37 heavy (non-hydrogen) atoms. The molecule has 3 N–H and O–H groups in total. The van der Waals surface area contributed by atoms with Crippen molar-refractivity contribution in [3.05, 3.63) is 95.1 Å². The van der Waals surface area contributed by atoms with Crippen LogP contribution in [-0.4, -0.2) is 33.9 Å². The molecule has 5 aromatic rings. The predicted molar refractivity (Wildman–Crippen MR) is 147 cm³/mol. The predicted octanol–water partition coefficient (Wildman–Crippen LogP) is 5.11. The van der Waals surface area contributed by atoms with Crippen molar-refractivity contribution < 1.29 is 9.53 Å². The number of anilines is 1. The number of nitrogens with two attached hydrogens (primary N) is 1. The maximum absolute atomic E-state index is 13.4. The summed E-state index contributed by atoms with van der Waals surface area (Å²) in [7, 11) is 1.61. The number of fused-ring (bicyclic) bond motifs is 2. The Kier molecular flexibility index (Phi) is 6.55. The molecule has 0 aliphatic carbocycles. The van der Waals surface area contributed by atoms with Crippen LogP contribution in [0.15, 0.2) is 77.9 Å². The van der Waals surface area contributed by atoms with Gasteiger partial charge in [0.15, 0.2) is 5.65 Å². The van der Waals surface area contributed by atoms with E-state index in [4.69, 9.17) is 20.4 Å². The number of amides is 1. The summed E-state index contributed by atoms with van der Waals surface area (Å²) >= 11 is 0. The summed E-state index contributed by atoms with van der Waals surface area (Å²) in [4.78, 5) is 22.8. The number of carbonyl (C=O) groups is 1. The Hall–Kier alpha value is -4.72. The van der Waals surface area contributed by atoms with Crippen LogP contribution in [0.25, 0.3) is 22.2 Å². The lowest BCUT2D eigenvalue weighted by molar-refractivity contribution is 0.0953. The molecule has 5 rings (SSSR count). The number of para-hydroxylation sites is 2. The van der Waals surface area contributed by atoms with Crippen LogP contribution >= 0.6 is 0 Å². The monoisotopic (exact) mass is 492 g/mol. The van der Waals surface area contributed by atoms with Crippen molar-refractivity contribution in [3.8, 4) is 5.75 Å². The lowest BCUT2D eigenvalue weighted by atomic mass is 10.0. The molecule has 186 valence electrons. The third-order valence-corrected chi connectivity index (χ3v) is 6.24. The Bertz CT molecular complexity index is 1600. The van der Waals surface area contributed by atoms with Crippen molar-refractivity contribution >= 4 is 40.1 Å². The summed E-state index contributed by atoms with van der Waals surface area (Å²) < 4.78 is 6.68. The molecule has 0 aliphatic heterocycles. The molecule has 0 saturated heterocycles. The minimum atomic E-state index is -0.349. The Morgan fingerprint density at radius 1 is 1.03 bits per heavy atom. The second-order valence-electron chi connectivity index (χ2n) is 9.05. The molecule has 0 unspecified atom stereocenters. The summed E-state index contributed by atoms with van der Waals surface area (Å²) in [5.74, 6) is 1.02. The quantitative estimate of drug-likeness (QED) is 0.307. The molecule has 8 heteroatoms. The number of nitrogens with one attached hydrogen (secondary N) is 1. The molecule has 0 radical (unpaired) electrons. The fourth-order valence-electron chi connectivity index (χ4n) is 4.09. The number of hydrogen-bond donors (Lipinski definition) is 2. The first kappa shape index (κ1) is 24.0. The van der Waals surface area contributed by atoms with E-state index in [1.165, 1.54) is 10.2 Å². The highest BCUT2D eigenvalue weighted by Gasteiger charge is 2.24. The molecule has 0 bridgehead atoms. The van der Waals surface area contributed by atoms with Crippen molar-refractivity contribution in [2.45, 2.75) is 26.3 Å². The number of aromatic nitrogens is 3. The summed E-state index contributed by atoms with van der Waals surface area (Å²) in [6.45, 7) is 4.63. The number of ether oxygens (including phenoxy) is 1. The van der Waals surface area contributed by atoms with E-state index in [0.717, 1.165) is 16.9 Å². The van der Waals surface area contributed by atoms with E-state index in [1.54, 1.807) is 13.3 Å². The average molecular weight is 493 g/mol. The van der Waals surface area contributed by atoms with Crippen molar-refractivity contribution in [2.75, 3.05) is 12.8 Å².